The molecule has 0 saturated heterocycles. The molecular formula is C15H11F4N5OS. The van der Waals surface area contributed by atoms with Crippen molar-refractivity contribution in [3.05, 3.63) is 46.6 Å². The van der Waals surface area contributed by atoms with Crippen molar-refractivity contribution in [1.82, 2.24) is 19.7 Å². The Kier molecular flexibility index (Phi) is 4.48. The van der Waals surface area contributed by atoms with Crippen LogP contribution in [0.1, 0.15) is 21.7 Å². The third-order valence-corrected chi connectivity index (χ3v) is 4.41. The summed E-state index contributed by atoms with van der Waals surface area (Å²) in [5.74, 6) is -1.19. The topological polar surface area (TPSA) is 86.7 Å². The van der Waals surface area contributed by atoms with E-state index in [1.54, 1.807) is 0 Å². The van der Waals surface area contributed by atoms with Crippen molar-refractivity contribution in [3.8, 4) is 10.6 Å². The van der Waals surface area contributed by atoms with Crippen LogP contribution in [-0.4, -0.2) is 25.5 Å². The lowest BCUT2D eigenvalue weighted by molar-refractivity contribution is -0.140. The maximum Gasteiger partial charge on any atom is 0.434 e. The predicted octanol–water partition coefficient (Wildman–Crippen LogP) is 3.10. The van der Waals surface area contributed by atoms with Crippen LogP contribution in [0.4, 0.5) is 23.4 Å². The van der Waals surface area contributed by atoms with Crippen LogP contribution < -0.4 is 5.73 Å². The summed E-state index contributed by atoms with van der Waals surface area (Å²) in [6, 6.07) is 1.23. The van der Waals surface area contributed by atoms with Crippen LogP contribution in [0.5, 0.6) is 0 Å². The molecule has 3 heterocycles. The first kappa shape index (κ1) is 18.0. The number of carbonyl (C=O) groups excluding carboxylic acids is 1. The summed E-state index contributed by atoms with van der Waals surface area (Å²) in [6.45, 7) is 0. The normalized spacial score (nSPS) is 11.7. The number of rotatable bonds is 4. The van der Waals surface area contributed by atoms with Gasteiger partial charge in [0.2, 0.25) is 0 Å². The zero-order valence-corrected chi connectivity index (χ0v) is 14.0. The van der Waals surface area contributed by atoms with Crippen LogP contribution in [0.3, 0.4) is 0 Å². The number of pyridine rings is 1. The van der Waals surface area contributed by atoms with Crippen molar-refractivity contribution in [2.75, 3.05) is 5.73 Å². The molecule has 0 radical (unpaired) electrons. The van der Waals surface area contributed by atoms with Gasteiger partial charge >= 0.3 is 6.18 Å². The number of hydrogen-bond acceptors (Lipinski definition) is 6. The summed E-state index contributed by atoms with van der Waals surface area (Å²) >= 11 is 0.746. The van der Waals surface area contributed by atoms with Gasteiger partial charge in [-0.25, -0.2) is 14.4 Å². The molecule has 0 fully saturated rings. The Morgan fingerprint density at radius 2 is 2.08 bits per heavy atom. The molecule has 0 saturated carbocycles. The van der Waals surface area contributed by atoms with Crippen LogP contribution in [-0.2, 0) is 19.6 Å². The van der Waals surface area contributed by atoms with E-state index in [1.165, 1.54) is 24.0 Å². The largest absolute Gasteiger partial charge is 0.434 e. The second kappa shape index (κ2) is 6.48. The van der Waals surface area contributed by atoms with Gasteiger partial charge in [-0.1, -0.05) is 0 Å². The summed E-state index contributed by atoms with van der Waals surface area (Å²) in [6.07, 6.45) is -2.77. The van der Waals surface area contributed by atoms with E-state index in [0.29, 0.717) is 0 Å². The summed E-state index contributed by atoms with van der Waals surface area (Å²) in [5.41, 5.74) is 4.66. The maximum atomic E-state index is 13.8. The van der Waals surface area contributed by atoms with Crippen molar-refractivity contribution in [2.24, 2.45) is 7.05 Å². The second-order valence-corrected chi connectivity index (χ2v) is 6.22. The minimum Gasteiger partial charge on any atom is -0.384 e. The SMILES string of the molecule is Cn1ncc(-c2nc(C(F)(F)F)cs2)c1C(=O)Cc1cc(N)ncc1F. The van der Waals surface area contributed by atoms with Crippen LogP contribution in [0.15, 0.2) is 23.8 Å². The summed E-state index contributed by atoms with van der Waals surface area (Å²) < 4.78 is 53.3. The van der Waals surface area contributed by atoms with Crippen LogP contribution in [0, 0.1) is 5.82 Å². The van der Waals surface area contributed by atoms with E-state index in [9.17, 15) is 22.4 Å². The minimum absolute atomic E-state index is 0.00323. The summed E-state index contributed by atoms with van der Waals surface area (Å²) in [7, 11) is 1.46. The highest BCUT2D eigenvalue weighted by Gasteiger charge is 2.34. The number of anilines is 1. The quantitative estimate of drug-likeness (QED) is 0.551. The number of hydrogen-bond donors (Lipinski definition) is 1. The molecule has 0 bridgehead atoms. The third kappa shape index (κ3) is 3.43. The van der Waals surface area contributed by atoms with Gasteiger partial charge < -0.3 is 5.73 Å². The molecule has 0 amide bonds. The predicted molar refractivity (Wildman–Crippen MR) is 86.0 cm³/mol. The lowest BCUT2D eigenvalue weighted by Crippen LogP contribution is -2.12. The standard InChI is InChI=1S/C15H11F4N5OS/c1-24-13(10(25)2-7-3-12(20)21-5-9(7)16)8(4-22-24)14-23-11(6-26-14)15(17,18)19/h3-6H,2H2,1H3,(H2,20,21). The van der Waals surface area contributed by atoms with Crippen molar-refractivity contribution in [1.29, 1.82) is 0 Å². The highest BCUT2D eigenvalue weighted by atomic mass is 32.1. The number of halogens is 4. The lowest BCUT2D eigenvalue weighted by atomic mass is 10.1. The number of nitrogens with zero attached hydrogens (tertiary/aromatic N) is 4. The zero-order chi connectivity index (χ0) is 19.1. The Labute approximate surface area is 148 Å². The van der Waals surface area contributed by atoms with Gasteiger partial charge in [0.1, 0.15) is 22.3 Å². The molecule has 0 spiro atoms. The number of nitrogens with two attached hydrogens (primary N) is 1. The summed E-state index contributed by atoms with van der Waals surface area (Å²) in [4.78, 5) is 19.7. The molecule has 0 unspecified atom stereocenters. The molecule has 3 aromatic heterocycles. The number of ketones is 1. The van der Waals surface area contributed by atoms with Crippen molar-refractivity contribution >= 4 is 22.9 Å². The first-order chi connectivity index (χ1) is 12.2. The fourth-order valence-electron chi connectivity index (χ4n) is 2.34. The summed E-state index contributed by atoms with van der Waals surface area (Å²) in [5, 5.41) is 4.78. The number of thiazole rings is 1. The van der Waals surface area contributed by atoms with Crippen LogP contribution in [0.25, 0.3) is 10.6 Å². The Hall–Kier alpha value is -2.82. The molecular weight excluding hydrogens is 374 g/mol. The molecule has 26 heavy (non-hydrogen) atoms. The Morgan fingerprint density at radius 1 is 1.35 bits per heavy atom. The fourth-order valence-corrected chi connectivity index (χ4v) is 3.18. The average Bonchev–Trinajstić information content (AvgIpc) is 3.17. The van der Waals surface area contributed by atoms with Gasteiger partial charge in [-0.3, -0.25) is 9.48 Å². The Morgan fingerprint density at radius 3 is 2.73 bits per heavy atom. The Bertz CT molecular complexity index is 979. The average molecular weight is 385 g/mol. The molecule has 136 valence electrons. The first-order valence-electron chi connectivity index (χ1n) is 7.15. The Balaban J connectivity index is 1.96. The van der Waals surface area contributed by atoms with Gasteiger partial charge in [-0.15, -0.1) is 11.3 Å². The van der Waals surface area contributed by atoms with Gasteiger partial charge in [-0.05, 0) is 6.07 Å². The third-order valence-electron chi connectivity index (χ3n) is 3.53. The highest BCUT2D eigenvalue weighted by molar-refractivity contribution is 7.13. The molecule has 0 aliphatic heterocycles. The van der Waals surface area contributed by atoms with Gasteiger partial charge in [-0.2, -0.15) is 18.3 Å². The monoisotopic (exact) mass is 385 g/mol. The molecule has 0 aliphatic rings. The number of aromatic nitrogens is 4. The lowest BCUT2D eigenvalue weighted by Gasteiger charge is -2.06. The van der Waals surface area contributed by atoms with Gasteiger partial charge in [0.15, 0.2) is 11.5 Å². The van der Waals surface area contributed by atoms with E-state index in [-0.39, 0.29) is 34.1 Å². The fraction of sp³-hybridized carbons (Fsp3) is 0.200. The molecule has 2 N–H and O–H groups in total. The van der Waals surface area contributed by atoms with E-state index in [0.717, 1.165) is 22.9 Å². The molecule has 0 atom stereocenters. The van der Waals surface area contributed by atoms with Gasteiger partial charge in [0.25, 0.3) is 0 Å². The second-order valence-electron chi connectivity index (χ2n) is 5.37. The van der Waals surface area contributed by atoms with Crippen molar-refractivity contribution in [2.45, 2.75) is 12.6 Å². The molecule has 3 aromatic rings. The molecule has 0 aromatic carbocycles. The number of nitrogen functional groups attached to an aromatic ring is 1. The molecule has 6 nitrogen and oxygen atoms in total. The maximum absolute atomic E-state index is 13.8. The molecule has 11 heteroatoms. The van der Waals surface area contributed by atoms with E-state index < -0.39 is 23.5 Å². The number of aryl methyl sites for hydroxylation is 1. The van der Waals surface area contributed by atoms with Crippen molar-refractivity contribution in [3.63, 3.8) is 0 Å². The van der Waals surface area contributed by atoms with Crippen LogP contribution >= 0.6 is 11.3 Å². The molecule has 3 rings (SSSR count). The van der Waals surface area contributed by atoms with E-state index in [4.69, 9.17) is 5.73 Å². The highest BCUT2D eigenvalue weighted by Crippen LogP contribution is 2.34. The number of alkyl halides is 3. The van der Waals surface area contributed by atoms with Gasteiger partial charge in [0, 0.05) is 24.4 Å². The van der Waals surface area contributed by atoms with E-state index in [1.807, 2.05) is 0 Å². The smallest absolute Gasteiger partial charge is 0.384 e. The first-order valence-corrected chi connectivity index (χ1v) is 8.03. The number of Topliss-reactive ketones (excluding diaryl/α,β-unsaturated/α-hetero) is 1. The van der Waals surface area contributed by atoms with Crippen LogP contribution in [0.2, 0.25) is 0 Å². The molecule has 0 aliphatic carbocycles. The van der Waals surface area contributed by atoms with E-state index in [2.05, 4.69) is 15.1 Å². The van der Waals surface area contributed by atoms with E-state index >= 15 is 0 Å². The van der Waals surface area contributed by atoms with Gasteiger partial charge in [0.05, 0.1) is 18.0 Å². The van der Waals surface area contributed by atoms with Crippen molar-refractivity contribution < 1.29 is 22.4 Å². The minimum atomic E-state index is -4.58. The zero-order valence-electron chi connectivity index (χ0n) is 13.2. The number of carbonyl (C=O) groups is 1.